The average Bonchev–Trinajstić information content (AvgIpc) is 2.42. The molecule has 0 bridgehead atoms. The van der Waals surface area contributed by atoms with Crippen LogP contribution in [0, 0.1) is 0 Å². The van der Waals surface area contributed by atoms with Crippen LogP contribution in [0.3, 0.4) is 0 Å². The molecule has 0 aliphatic carbocycles. The predicted octanol–water partition coefficient (Wildman–Crippen LogP) is 5.05. The molecule has 2 aromatic rings. The quantitative estimate of drug-likeness (QED) is 0.859. The minimum absolute atomic E-state index is 0.118. The average molecular weight is 311 g/mol. The number of carbonyl (C=O) groups is 1. The van der Waals surface area contributed by atoms with Crippen molar-refractivity contribution >= 4 is 29.2 Å². The van der Waals surface area contributed by atoms with Crippen molar-refractivity contribution in [3.8, 4) is 11.5 Å². The molecule has 0 unspecified atom stereocenters. The largest absolute Gasteiger partial charge is 0.478 e. The number of rotatable bonds is 4. The van der Waals surface area contributed by atoms with Crippen molar-refractivity contribution in [3.05, 3.63) is 57.6 Å². The highest BCUT2D eigenvalue weighted by molar-refractivity contribution is 6.32. The zero-order valence-corrected chi connectivity index (χ0v) is 12.2. The normalized spacial score (nSPS) is 10.3. The van der Waals surface area contributed by atoms with E-state index in [1.807, 2.05) is 13.0 Å². The fraction of sp³-hybridized carbons (Fsp3) is 0.133. The van der Waals surface area contributed by atoms with Crippen LogP contribution in [0.1, 0.15) is 22.8 Å². The summed E-state index contributed by atoms with van der Waals surface area (Å²) in [5.74, 6) is -0.0181. The molecular weight excluding hydrogens is 299 g/mol. The second kappa shape index (κ2) is 6.16. The Bertz CT molecular complexity index is 654. The Morgan fingerprint density at radius 2 is 1.90 bits per heavy atom. The second-order valence-corrected chi connectivity index (χ2v) is 4.97. The molecule has 0 saturated carbocycles. The van der Waals surface area contributed by atoms with E-state index in [2.05, 4.69) is 0 Å². The summed E-state index contributed by atoms with van der Waals surface area (Å²) in [5.41, 5.74) is 1.09. The number of hydrogen-bond acceptors (Lipinski definition) is 2. The predicted molar refractivity (Wildman–Crippen MR) is 79.3 cm³/mol. The van der Waals surface area contributed by atoms with Crippen LogP contribution < -0.4 is 4.74 Å². The molecule has 0 aliphatic heterocycles. The summed E-state index contributed by atoms with van der Waals surface area (Å²) in [7, 11) is 0. The van der Waals surface area contributed by atoms with Crippen molar-refractivity contribution in [2.75, 3.05) is 0 Å². The summed E-state index contributed by atoms with van der Waals surface area (Å²) in [5, 5.41) is 9.81. The maximum atomic E-state index is 10.8. The highest BCUT2D eigenvalue weighted by Gasteiger charge is 2.09. The van der Waals surface area contributed by atoms with Gasteiger partial charge in [0, 0.05) is 5.02 Å². The van der Waals surface area contributed by atoms with Crippen molar-refractivity contribution in [3.63, 3.8) is 0 Å². The molecule has 104 valence electrons. The number of hydrogen-bond donors (Lipinski definition) is 1. The number of benzene rings is 2. The lowest BCUT2D eigenvalue weighted by molar-refractivity contribution is 0.0697. The van der Waals surface area contributed by atoms with E-state index in [1.165, 1.54) is 18.2 Å². The van der Waals surface area contributed by atoms with Gasteiger partial charge in [0.2, 0.25) is 0 Å². The summed E-state index contributed by atoms with van der Waals surface area (Å²) in [4.78, 5) is 10.8. The minimum Gasteiger partial charge on any atom is -0.478 e. The molecule has 2 rings (SSSR count). The van der Waals surface area contributed by atoms with Crippen LogP contribution in [-0.4, -0.2) is 11.1 Å². The van der Waals surface area contributed by atoms with Gasteiger partial charge in [-0.2, -0.15) is 0 Å². The van der Waals surface area contributed by atoms with Crippen molar-refractivity contribution in [2.24, 2.45) is 0 Å². The Kier molecular flexibility index (Phi) is 4.53. The van der Waals surface area contributed by atoms with E-state index in [1.54, 1.807) is 12.1 Å². The van der Waals surface area contributed by atoms with Gasteiger partial charge in [-0.1, -0.05) is 30.1 Å². The van der Waals surface area contributed by atoms with Crippen molar-refractivity contribution in [1.82, 2.24) is 0 Å². The first-order valence-corrected chi connectivity index (χ1v) is 6.76. The van der Waals surface area contributed by atoms with Crippen molar-refractivity contribution < 1.29 is 14.6 Å². The maximum absolute atomic E-state index is 10.8. The summed E-state index contributed by atoms with van der Waals surface area (Å²) >= 11 is 12.1. The van der Waals surface area contributed by atoms with E-state index in [0.29, 0.717) is 16.5 Å². The molecule has 0 radical (unpaired) electrons. The summed E-state index contributed by atoms with van der Waals surface area (Å²) in [6.45, 7) is 2.00. The summed E-state index contributed by atoms with van der Waals surface area (Å²) in [6.07, 6.45) is 0.793. The number of aryl methyl sites for hydroxylation is 1. The van der Waals surface area contributed by atoms with Gasteiger partial charge in [0.1, 0.15) is 11.5 Å². The smallest absolute Gasteiger partial charge is 0.335 e. The highest BCUT2D eigenvalue weighted by atomic mass is 35.5. The molecule has 0 heterocycles. The number of aromatic carboxylic acids is 1. The molecule has 2 aromatic carbocycles. The highest BCUT2D eigenvalue weighted by Crippen LogP contribution is 2.32. The third-order valence-electron chi connectivity index (χ3n) is 2.80. The van der Waals surface area contributed by atoms with Crippen LogP contribution in [-0.2, 0) is 6.42 Å². The van der Waals surface area contributed by atoms with Gasteiger partial charge in [0.05, 0.1) is 10.6 Å². The van der Waals surface area contributed by atoms with Crippen LogP contribution in [0.2, 0.25) is 10.0 Å². The van der Waals surface area contributed by atoms with Crippen LogP contribution in [0.15, 0.2) is 36.4 Å². The van der Waals surface area contributed by atoms with Crippen LogP contribution in [0.4, 0.5) is 0 Å². The Hall–Kier alpha value is -1.71. The molecule has 0 saturated heterocycles. The molecule has 5 heteroatoms. The fourth-order valence-corrected chi connectivity index (χ4v) is 2.20. The Labute approximate surface area is 126 Å². The molecule has 1 N–H and O–H groups in total. The van der Waals surface area contributed by atoms with Gasteiger partial charge < -0.3 is 9.84 Å². The SMILES string of the molecule is CCc1cc(Oc2ccc(C(=O)O)cc2Cl)ccc1Cl. The van der Waals surface area contributed by atoms with Crippen LogP contribution in [0.5, 0.6) is 11.5 Å². The van der Waals surface area contributed by atoms with Gasteiger partial charge in [0.25, 0.3) is 0 Å². The van der Waals surface area contributed by atoms with E-state index in [-0.39, 0.29) is 10.6 Å². The lowest BCUT2D eigenvalue weighted by atomic mass is 10.1. The maximum Gasteiger partial charge on any atom is 0.335 e. The van der Waals surface area contributed by atoms with Crippen LogP contribution >= 0.6 is 23.2 Å². The van der Waals surface area contributed by atoms with Gasteiger partial charge in [-0.05, 0) is 48.4 Å². The lowest BCUT2D eigenvalue weighted by Crippen LogP contribution is -1.96. The van der Waals surface area contributed by atoms with E-state index in [4.69, 9.17) is 33.0 Å². The molecule has 0 aliphatic rings. The lowest BCUT2D eigenvalue weighted by Gasteiger charge is -2.10. The van der Waals surface area contributed by atoms with E-state index >= 15 is 0 Å². The monoisotopic (exact) mass is 310 g/mol. The summed E-state index contributed by atoms with van der Waals surface area (Å²) in [6, 6.07) is 9.67. The summed E-state index contributed by atoms with van der Waals surface area (Å²) < 4.78 is 5.66. The fourth-order valence-electron chi connectivity index (χ4n) is 1.73. The number of carboxylic acid groups (broad SMARTS) is 1. The van der Waals surface area contributed by atoms with Crippen LogP contribution in [0.25, 0.3) is 0 Å². The molecule has 0 atom stereocenters. The van der Waals surface area contributed by atoms with Gasteiger partial charge in [-0.25, -0.2) is 4.79 Å². The number of halogens is 2. The molecule has 3 nitrogen and oxygen atoms in total. The first-order chi connectivity index (χ1) is 9.51. The van der Waals surface area contributed by atoms with E-state index < -0.39 is 5.97 Å². The Morgan fingerprint density at radius 1 is 1.15 bits per heavy atom. The van der Waals surface area contributed by atoms with E-state index in [9.17, 15) is 4.79 Å². The standard InChI is InChI=1S/C15H12Cl2O3/c1-2-9-7-11(4-5-12(9)16)20-14-6-3-10(15(18)19)8-13(14)17/h3-8H,2H2,1H3,(H,18,19). The van der Waals surface area contributed by atoms with Gasteiger partial charge >= 0.3 is 5.97 Å². The third kappa shape index (κ3) is 3.24. The molecule has 0 aromatic heterocycles. The Balaban J connectivity index is 2.28. The van der Waals surface area contributed by atoms with E-state index in [0.717, 1.165) is 12.0 Å². The molecule has 0 fully saturated rings. The molecular formula is C15H12Cl2O3. The van der Waals surface area contributed by atoms with Crippen molar-refractivity contribution in [2.45, 2.75) is 13.3 Å². The molecule has 20 heavy (non-hydrogen) atoms. The second-order valence-electron chi connectivity index (χ2n) is 4.16. The Morgan fingerprint density at radius 3 is 2.50 bits per heavy atom. The van der Waals surface area contributed by atoms with Gasteiger partial charge in [-0.3, -0.25) is 0 Å². The number of ether oxygens (including phenoxy) is 1. The zero-order valence-electron chi connectivity index (χ0n) is 10.7. The van der Waals surface area contributed by atoms with Gasteiger partial charge in [-0.15, -0.1) is 0 Å². The van der Waals surface area contributed by atoms with Crippen molar-refractivity contribution in [1.29, 1.82) is 0 Å². The molecule has 0 amide bonds. The third-order valence-corrected chi connectivity index (χ3v) is 3.47. The van der Waals surface area contributed by atoms with Gasteiger partial charge in [0.15, 0.2) is 0 Å². The molecule has 0 spiro atoms. The number of carboxylic acids is 1. The first kappa shape index (κ1) is 14.7. The first-order valence-electron chi connectivity index (χ1n) is 6.00. The minimum atomic E-state index is -1.03. The topological polar surface area (TPSA) is 46.5 Å². The zero-order chi connectivity index (χ0) is 14.7.